The Morgan fingerprint density at radius 2 is 2.30 bits per heavy atom. The van der Waals surface area contributed by atoms with E-state index in [0.717, 1.165) is 15.6 Å². The number of hydrogen-bond acceptors (Lipinski definition) is 6. The van der Waals surface area contributed by atoms with Crippen molar-refractivity contribution in [1.29, 1.82) is 0 Å². The summed E-state index contributed by atoms with van der Waals surface area (Å²) in [6.07, 6.45) is 0. The number of methoxy groups -OCH3 is 1. The third kappa shape index (κ3) is 2.81. The summed E-state index contributed by atoms with van der Waals surface area (Å²) in [6, 6.07) is 6.12. The Morgan fingerprint density at radius 1 is 1.40 bits per heavy atom. The lowest BCUT2D eigenvalue weighted by molar-refractivity contribution is 0.178. The number of ether oxygens (including phenoxy) is 1. The maximum atomic E-state index is 5.57. The van der Waals surface area contributed by atoms with Crippen molar-refractivity contribution in [1.82, 2.24) is 20.2 Å². The summed E-state index contributed by atoms with van der Waals surface area (Å²) in [4.78, 5) is 8.59. The van der Waals surface area contributed by atoms with Crippen LogP contribution < -0.4 is 5.32 Å². The topological polar surface area (TPSA) is 88.9 Å². The lowest BCUT2D eigenvalue weighted by Gasteiger charge is -1.96. The number of benzene rings is 1. The molecule has 0 spiro atoms. The van der Waals surface area contributed by atoms with Crippen LogP contribution in [0, 0.1) is 0 Å². The number of oxazole rings is 1. The van der Waals surface area contributed by atoms with Crippen molar-refractivity contribution >= 4 is 33.0 Å². The van der Waals surface area contributed by atoms with Gasteiger partial charge in [0.2, 0.25) is 0 Å². The predicted octanol–water partition coefficient (Wildman–Crippen LogP) is 2.47. The van der Waals surface area contributed by atoms with Crippen LogP contribution in [0.5, 0.6) is 0 Å². The van der Waals surface area contributed by atoms with Crippen LogP contribution in [0.1, 0.15) is 11.6 Å². The molecule has 3 aromatic rings. The number of hydrogen-bond donors (Lipinski definition) is 2. The van der Waals surface area contributed by atoms with E-state index in [-0.39, 0.29) is 0 Å². The minimum atomic E-state index is 0.382. The summed E-state index contributed by atoms with van der Waals surface area (Å²) in [5.41, 5.74) is 1.52. The Labute approximate surface area is 122 Å². The van der Waals surface area contributed by atoms with E-state index in [1.165, 1.54) is 0 Å². The van der Waals surface area contributed by atoms with Crippen LogP contribution in [-0.4, -0.2) is 27.3 Å². The van der Waals surface area contributed by atoms with Crippen LogP contribution in [0.15, 0.2) is 27.1 Å². The highest BCUT2D eigenvalue weighted by molar-refractivity contribution is 9.10. The van der Waals surface area contributed by atoms with Gasteiger partial charge in [0.1, 0.15) is 17.9 Å². The summed E-state index contributed by atoms with van der Waals surface area (Å²) in [5.74, 6) is 1.31. The van der Waals surface area contributed by atoms with Gasteiger partial charge in [-0.3, -0.25) is 5.10 Å². The van der Waals surface area contributed by atoms with Crippen LogP contribution in [0.2, 0.25) is 0 Å². The number of H-pyrrole nitrogens is 1. The molecule has 3 rings (SSSR count). The summed E-state index contributed by atoms with van der Waals surface area (Å²) in [6.45, 7) is 0.831. The molecule has 104 valence electrons. The zero-order chi connectivity index (χ0) is 13.9. The number of halogens is 1. The van der Waals surface area contributed by atoms with Crippen molar-refractivity contribution in [3.63, 3.8) is 0 Å². The van der Waals surface area contributed by atoms with E-state index in [0.29, 0.717) is 30.8 Å². The Balaban J connectivity index is 1.69. The second kappa shape index (κ2) is 5.59. The molecule has 0 amide bonds. The SMILES string of the molecule is COCc1n[nH]c(CNc2nc3cc(Br)ccc3o2)n1. The van der Waals surface area contributed by atoms with Gasteiger partial charge < -0.3 is 14.5 Å². The maximum Gasteiger partial charge on any atom is 0.296 e. The van der Waals surface area contributed by atoms with Gasteiger partial charge in [0.15, 0.2) is 11.4 Å². The van der Waals surface area contributed by atoms with E-state index in [1.807, 2.05) is 18.2 Å². The molecule has 2 aromatic heterocycles. The molecule has 8 heteroatoms. The van der Waals surface area contributed by atoms with Gasteiger partial charge >= 0.3 is 0 Å². The van der Waals surface area contributed by atoms with Crippen LogP contribution in [-0.2, 0) is 17.9 Å². The monoisotopic (exact) mass is 337 g/mol. The molecule has 0 bridgehead atoms. The standard InChI is InChI=1S/C12H12BrN5O2/c1-19-6-11-16-10(17-18-11)5-14-12-15-8-4-7(13)2-3-9(8)20-12/h2-4H,5-6H2,1H3,(H,14,15)(H,16,17,18). The fourth-order valence-corrected chi connectivity index (χ4v) is 2.09. The molecule has 0 saturated carbocycles. The van der Waals surface area contributed by atoms with Crippen LogP contribution in [0.3, 0.4) is 0 Å². The van der Waals surface area contributed by atoms with Gasteiger partial charge in [0.05, 0.1) is 6.54 Å². The van der Waals surface area contributed by atoms with Crippen molar-refractivity contribution in [2.45, 2.75) is 13.2 Å². The second-order valence-electron chi connectivity index (χ2n) is 4.12. The van der Waals surface area contributed by atoms with Crippen LogP contribution >= 0.6 is 15.9 Å². The van der Waals surface area contributed by atoms with Gasteiger partial charge in [-0.15, -0.1) is 0 Å². The highest BCUT2D eigenvalue weighted by atomic mass is 79.9. The number of aromatic amines is 1. The predicted molar refractivity (Wildman–Crippen MR) is 76.1 cm³/mol. The molecule has 7 nitrogen and oxygen atoms in total. The summed E-state index contributed by atoms with van der Waals surface area (Å²) >= 11 is 3.40. The zero-order valence-electron chi connectivity index (χ0n) is 10.7. The maximum absolute atomic E-state index is 5.57. The van der Waals surface area contributed by atoms with E-state index >= 15 is 0 Å². The lowest BCUT2D eigenvalue weighted by Crippen LogP contribution is -2.01. The summed E-state index contributed by atoms with van der Waals surface area (Å²) in [5, 5.41) is 9.90. The molecule has 0 saturated heterocycles. The first-order valence-corrected chi connectivity index (χ1v) is 6.73. The Hall–Kier alpha value is -1.93. The fourth-order valence-electron chi connectivity index (χ4n) is 1.74. The lowest BCUT2D eigenvalue weighted by atomic mass is 10.3. The third-order valence-electron chi connectivity index (χ3n) is 2.61. The van der Waals surface area contributed by atoms with Crippen molar-refractivity contribution in [3.8, 4) is 0 Å². The number of nitrogens with one attached hydrogen (secondary N) is 2. The zero-order valence-corrected chi connectivity index (χ0v) is 12.3. The van der Waals surface area contributed by atoms with E-state index < -0.39 is 0 Å². The van der Waals surface area contributed by atoms with Crippen LogP contribution in [0.4, 0.5) is 6.01 Å². The van der Waals surface area contributed by atoms with Gasteiger partial charge in [-0.25, -0.2) is 4.98 Å². The number of aromatic nitrogens is 4. The quantitative estimate of drug-likeness (QED) is 0.743. The fraction of sp³-hybridized carbons (Fsp3) is 0.250. The van der Waals surface area contributed by atoms with Gasteiger partial charge in [-0.05, 0) is 18.2 Å². The molecule has 0 aliphatic carbocycles. The number of rotatable bonds is 5. The minimum Gasteiger partial charge on any atom is -0.424 e. The largest absolute Gasteiger partial charge is 0.424 e. The Morgan fingerprint density at radius 3 is 3.15 bits per heavy atom. The number of fused-ring (bicyclic) bond motifs is 1. The minimum absolute atomic E-state index is 0.382. The van der Waals surface area contributed by atoms with E-state index in [9.17, 15) is 0 Å². The van der Waals surface area contributed by atoms with Gasteiger partial charge in [-0.1, -0.05) is 15.9 Å². The van der Waals surface area contributed by atoms with E-state index in [4.69, 9.17) is 9.15 Å². The molecule has 0 aliphatic rings. The first-order chi connectivity index (χ1) is 9.74. The molecule has 0 aliphatic heterocycles. The van der Waals surface area contributed by atoms with E-state index in [1.54, 1.807) is 7.11 Å². The first-order valence-electron chi connectivity index (χ1n) is 5.93. The molecular formula is C12H12BrN5O2. The molecule has 0 radical (unpaired) electrons. The molecule has 2 N–H and O–H groups in total. The van der Waals surface area contributed by atoms with Gasteiger partial charge in [0.25, 0.3) is 6.01 Å². The van der Waals surface area contributed by atoms with Crippen molar-refractivity contribution in [2.75, 3.05) is 12.4 Å². The molecule has 1 aromatic carbocycles. The normalized spacial score (nSPS) is 11.1. The number of anilines is 1. The van der Waals surface area contributed by atoms with E-state index in [2.05, 4.69) is 41.4 Å². The molecule has 20 heavy (non-hydrogen) atoms. The summed E-state index contributed by atoms with van der Waals surface area (Å²) in [7, 11) is 1.60. The molecule has 0 fully saturated rings. The average Bonchev–Trinajstić information content (AvgIpc) is 3.02. The second-order valence-corrected chi connectivity index (χ2v) is 5.03. The van der Waals surface area contributed by atoms with Crippen molar-refractivity contribution < 1.29 is 9.15 Å². The number of nitrogens with zero attached hydrogens (tertiary/aromatic N) is 3. The smallest absolute Gasteiger partial charge is 0.296 e. The molecule has 2 heterocycles. The molecular weight excluding hydrogens is 326 g/mol. The van der Waals surface area contributed by atoms with Crippen molar-refractivity contribution in [3.05, 3.63) is 34.3 Å². The highest BCUT2D eigenvalue weighted by Crippen LogP contribution is 2.22. The van der Waals surface area contributed by atoms with Crippen LogP contribution in [0.25, 0.3) is 11.1 Å². The highest BCUT2D eigenvalue weighted by Gasteiger charge is 2.07. The molecule has 0 unspecified atom stereocenters. The van der Waals surface area contributed by atoms with Gasteiger partial charge in [-0.2, -0.15) is 10.1 Å². The Kier molecular flexibility index (Phi) is 3.66. The first kappa shape index (κ1) is 13.1. The Bertz CT molecular complexity index is 724. The van der Waals surface area contributed by atoms with Crippen molar-refractivity contribution in [2.24, 2.45) is 0 Å². The average molecular weight is 338 g/mol. The summed E-state index contributed by atoms with van der Waals surface area (Å²) < 4.78 is 11.5. The molecule has 0 atom stereocenters. The third-order valence-corrected chi connectivity index (χ3v) is 3.10. The van der Waals surface area contributed by atoms with Gasteiger partial charge in [0, 0.05) is 11.6 Å².